The van der Waals surface area contributed by atoms with Crippen LogP contribution in [0.25, 0.3) is 0 Å². The Labute approximate surface area is 130 Å². The van der Waals surface area contributed by atoms with E-state index in [1.54, 1.807) is 0 Å². The first-order chi connectivity index (χ1) is 10.1. The molecule has 0 unspecified atom stereocenters. The fourth-order valence-electron chi connectivity index (χ4n) is 3.37. The molecule has 1 aliphatic rings. The minimum Gasteiger partial charge on any atom is -0.491 e. The lowest BCUT2D eigenvalue weighted by Gasteiger charge is -2.30. The number of rotatable bonds is 6. The molecule has 1 fully saturated rings. The Bertz CT molecular complexity index is 433. The Morgan fingerprint density at radius 3 is 2.48 bits per heavy atom. The monoisotopic (exact) mass is 289 g/mol. The standard InChI is InChI=1S/C19H31NO/c1-5-6-16-7-9-17(10-8-16)20-19-12-11-18(13-15(19)4)21-14(2)3/h11-14,16-17,20H,5-10H2,1-4H3. The Morgan fingerprint density at radius 2 is 1.90 bits per heavy atom. The largest absolute Gasteiger partial charge is 0.491 e. The van der Waals surface area contributed by atoms with Crippen LogP contribution in [0.1, 0.15) is 64.9 Å². The zero-order chi connectivity index (χ0) is 15.2. The molecule has 0 aromatic heterocycles. The van der Waals surface area contributed by atoms with Crippen LogP contribution in [-0.2, 0) is 0 Å². The lowest BCUT2D eigenvalue weighted by atomic mass is 9.83. The summed E-state index contributed by atoms with van der Waals surface area (Å²) in [7, 11) is 0. The lowest BCUT2D eigenvalue weighted by Crippen LogP contribution is -2.26. The molecular formula is C19H31NO. The van der Waals surface area contributed by atoms with E-state index in [1.807, 2.05) is 0 Å². The Balaban J connectivity index is 1.89. The predicted molar refractivity (Wildman–Crippen MR) is 91.2 cm³/mol. The van der Waals surface area contributed by atoms with Crippen LogP contribution in [0, 0.1) is 12.8 Å². The van der Waals surface area contributed by atoms with Crippen LogP contribution in [0.3, 0.4) is 0 Å². The molecule has 118 valence electrons. The van der Waals surface area contributed by atoms with Crippen LogP contribution in [0.5, 0.6) is 5.75 Å². The van der Waals surface area contributed by atoms with Crippen molar-refractivity contribution in [2.45, 2.75) is 78.4 Å². The van der Waals surface area contributed by atoms with Gasteiger partial charge in [-0.05, 0) is 76.1 Å². The minimum atomic E-state index is 0.233. The Morgan fingerprint density at radius 1 is 1.19 bits per heavy atom. The molecule has 2 heteroatoms. The van der Waals surface area contributed by atoms with E-state index in [-0.39, 0.29) is 6.10 Å². The summed E-state index contributed by atoms with van der Waals surface area (Å²) in [5.41, 5.74) is 2.55. The minimum absolute atomic E-state index is 0.233. The average Bonchev–Trinajstić information content (AvgIpc) is 2.43. The zero-order valence-corrected chi connectivity index (χ0v) is 14.1. The molecule has 1 N–H and O–H groups in total. The molecule has 0 atom stereocenters. The number of hydrogen-bond donors (Lipinski definition) is 1. The first-order valence-electron chi connectivity index (χ1n) is 8.62. The fraction of sp³-hybridized carbons (Fsp3) is 0.684. The molecule has 0 aliphatic heterocycles. The van der Waals surface area contributed by atoms with Gasteiger partial charge in [0.15, 0.2) is 0 Å². The van der Waals surface area contributed by atoms with Crippen molar-refractivity contribution in [3.63, 3.8) is 0 Å². The normalized spacial score (nSPS) is 22.3. The summed E-state index contributed by atoms with van der Waals surface area (Å²) in [4.78, 5) is 0. The van der Waals surface area contributed by atoms with Crippen LogP contribution in [0.2, 0.25) is 0 Å². The van der Waals surface area contributed by atoms with Gasteiger partial charge in [-0.25, -0.2) is 0 Å². The van der Waals surface area contributed by atoms with Crippen molar-refractivity contribution in [3.8, 4) is 5.75 Å². The van der Waals surface area contributed by atoms with Crippen molar-refractivity contribution >= 4 is 5.69 Å². The number of anilines is 1. The molecule has 1 aromatic rings. The van der Waals surface area contributed by atoms with Crippen molar-refractivity contribution in [2.24, 2.45) is 5.92 Å². The number of aryl methyl sites for hydroxylation is 1. The summed E-state index contributed by atoms with van der Waals surface area (Å²) in [5, 5.41) is 3.74. The molecule has 0 saturated heterocycles. The molecule has 2 nitrogen and oxygen atoms in total. The van der Waals surface area contributed by atoms with E-state index in [2.05, 4.69) is 51.2 Å². The zero-order valence-electron chi connectivity index (χ0n) is 14.1. The molecule has 1 aromatic carbocycles. The van der Waals surface area contributed by atoms with Gasteiger partial charge in [0.05, 0.1) is 6.10 Å². The Kier molecular flexibility index (Phi) is 5.96. The van der Waals surface area contributed by atoms with E-state index >= 15 is 0 Å². The maximum atomic E-state index is 5.75. The highest BCUT2D eigenvalue weighted by Crippen LogP contribution is 2.31. The average molecular weight is 289 g/mol. The van der Waals surface area contributed by atoms with Crippen LogP contribution in [0.15, 0.2) is 18.2 Å². The highest BCUT2D eigenvalue weighted by atomic mass is 16.5. The first kappa shape index (κ1) is 16.2. The molecule has 0 spiro atoms. The molecule has 0 heterocycles. The van der Waals surface area contributed by atoms with Gasteiger partial charge in [0, 0.05) is 11.7 Å². The summed E-state index contributed by atoms with van der Waals surface area (Å²) in [6.45, 7) is 8.60. The van der Waals surface area contributed by atoms with Crippen molar-refractivity contribution in [3.05, 3.63) is 23.8 Å². The topological polar surface area (TPSA) is 21.3 Å². The summed E-state index contributed by atoms with van der Waals surface area (Å²) in [6, 6.07) is 7.04. The quantitative estimate of drug-likeness (QED) is 0.741. The second-order valence-corrected chi connectivity index (χ2v) is 6.79. The van der Waals surface area contributed by atoms with Gasteiger partial charge in [0.2, 0.25) is 0 Å². The van der Waals surface area contributed by atoms with Gasteiger partial charge >= 0.3 is 0 Å². The second-order valence-electron chi connectivity index (χ2n) is 6.79. The van der Waals surface area contributed by atoms with Gasteiger partial charge in [-0.15, -0.1) is 0 Å². The van der Waals surface area contributed by atoms with Gasteiger partial charge in [0.25, 0.3) is 0 Å². The summed E-state index contributed by atoms with van der Waals surface area (Å²) < 4.78 is 5.75. The van der Waals surface area contributed by atoms with Crippen molar-refractivity contribution in [1.82, 2.24) is 0 Å². The first-order valence-corrected chi connectivity index (χ1v) is 8.62. The second kappa shape index (κ2) is 7.72. The smallest absolute Gasteiger partial charge is 0.120 e. The van der Waals surface area contributed by atoms with Gasteiger partial charge < -0.3 is 10.1 Å². The fourth-order valence-corrected chi connectivity index (χ4v) is 3.37. The molecule has 21 heavy (non-hydrogen) atoms. The van der Waals surface area contributed by atoms with Crippen LogP contribution in [-0.4, -0.2) is 12.1 Å². The van der Waals surface area contributed by atoms with E-state index < -0.39 is 0 Å². The molecular weight excluding hydrogens is 258 g/mol. The third-order valence-electron chi connectivity index (χ3n) is 4.47. The molecule has 1 aliphatic carbocycles. The van der Waals surface area contributed by atoms with Gasteiger partial charge in [-0.1, -0.05) is 19.8 Å². The Hall–Kier alpha value is -1.18. The highest BCUT2D eigenvalue weighted by molar-refractivity contribution is 5.54. The summed E-state index contributed by atoms with van der Waals surface area (Å²) in [5.74, 6) is 1.94. The van der Waals surface area contributed by atoms with E-state index in [0.29, 0.717) is 6.04 Å². The molecule has 0 bridgehead atoms. The molecule has 1 saturated carbocycles. The number of hydrogen-bond acceptors (Lipinski definition) is 2. The van der Waals surface area contributed by atoms with Gasteiger partial charge in [-0.3, -0.25) is 0 Å². The van der Waals surface area contributed by atoms with Crippen LogP contribution >= 0.6 is 0 Å². The van der Waals surface area contributed by atoms with Gasteiger partial charge in [-0.2, -0.15) is 0 Å². The van der Waals surface area contributed by atoms with Crippen molar-refractivity contribution < 1.29 is 4.74 Å². The van der Waals surface area contributed by atoms with E-state index in [9.17, 15) is 0 Å². The highest BCUT2D eigenvalue weighted by Gasteiger charge is 2.20. The SMILES string of the molecule is CCCC1CCC(Nc2ccc(OC(C)C)cc2C)CC1. The number of benzene rings is 1. The maximum absolute atomic E-state index is 5.75. The van der Waals surface area contributed by atoms with Crippen molar-refractivity contribution in [2.75, 3.05) is 5.32 Å². The van der Waals surface area contributed by atoms with Crippen LogP contribution < -0.4 is 10.1 Å². The van der Waals surface area contributed by atoms with E-state index in [1.165, 1.54) is 49.8 Å². The van der Waals surface area contributed by atoms with Crippen LogP contribution in [0.4, 0.5) is 5.69 Å². The number of nitrogens with one attached hydrogen (secondary N) is 1. The lowest BCUT2D eigenvalue weighted by molar-refractivity contribution is 0.242. The third kappa shape index (κ3) is 4.94. The van der Waals surface area contributed by atoms with Gasteiger partial charge in [0.1, 0.15) is 5.75 Å². The summed E-state index contributed by atoms with van der Waals surface area (Å²) in [6.07, 6.45) is 8.38. The van der Waals surface area contributed by atoms with Crippen molar-refractivity contribution in [1.29, 1.82) is 0 Å². The predicted octanol–water partition coefficient (Wildman–Crippen LogP) is 5.55. The van der Waals surface area contributed by atoms with E-state index in [4.69, 9.17) is 4.74 Å². The molecule has 0 radical (unpaired) electrons. The molecule has 0 amide bonds. The molecule has 2 rings (SSSR count). The summed E-state index contributed by atoms with van der Waals surface area (Å²) >= 11 is 0. The van der Waals surface area contributed by atoms with E-state index in [0.717, 1.165) is 11.7 Å². The third-order valence-corrected chi connectivity index (χ3v) is 4.47. The number of ether oxygens (including phenoxy) is 1. The maximum Gasteiger partial charge on any atom is 0.120 e.